The van der Waals surface area contributed by atoms with Crippen LogP contribution >= 0.6 is 15.9 Å². The lowest BCUT2D eigenvalue weighted by Gasteiger charge is -2.06. The van der Waals surface area contributed by atoms with E-state index in [9.17, 15) is 0 Å². The van der Waals surface area contributed by atoms with Crippen LogP contribution < -0.4 is 5.73 Å². The van der Waals surface area contributed by atoms with E-state index in [1.165, 1.54) is 0 Å². The molecule has 3 nitrogen and oxygen atoms in total. The molecule has 0 aliphatic rings. The lowest BCUT2D eigenvalue weighted by atomic mass is 10.1. The summed E-state index contributed by atoms with van der Waals surface area (Å²) in [6.45, 7) is 1.98. The van der Waals surface area contributed by atoms with Crippen molar-refractivity contribution in [3.63, 3.8) is 0 Å². The molecule has 0 fully saturated rings. The summed E-state index contributed by atoms with van der Waals surface area (Å²) < 4.78 is 2.72. The number of hydrogen-bond acceptors (Lipinski definition) is 2. The SMILES string of the molecule is CC(N)c1cccc2c1c(Br)nn2C. The van der Waals surface area contributed by atoms with Crippen LogP contribution in [0.5, 0.6) is 0 Å². The molecule has 1 heterocycles. The fourth-order valence-electron chi connectivity index (χ4n) is 1.67. The van der Waals surface area contributed by atoms with Crippen molar-refractivity contribution in [1.29, 1.82) is 0 Å². The minimum absolute atomic E-state index is 0.0270. The molecule has 2 aromatic rings. The van der Waals surface area contributed by atoms with E-state index in [2.05, 4.69) is 21.0 Å². The van der Waals surface area contributed by atoms with Gasteiger partial charge in [-0.25, -0.2) is 0 Å². The molecule has 0 saturated heterocycles. The van der Waals surface area contributed by atoms with Crippen LogP contribution in [-0.4, -0.2) is 9.78 Å². The number of hydrogen-bond donors (Lipinski definition) is 1. The second-order valence-corrected chi connectivity index (χ2v) is 4.20. The molecule has 14 heavy (non-hydrogen) atoms. The Kier molecular flexibility index (Phi) is 2.33. The largest absolute Gasteiger partial charge is 0.324 e. The summed E-state index contributed by atoms with van der Waals surface area (Å²) in [7, 11) is 1.93. The third-order valence-corrected chi connectivity index (χ3v) is 2.91. The second-order valence-electron chi connectivity index (χ2n) is 3.44. The first kappa shape index (κ1) is 9.68. The van der Waals surface area contributed by atoms with Crippen LogP contribution in [0.3, 0.4) is 0 Å². The Balaban J connectivity index is 2.85. The summed E-state index contributed by atoms with van der Waals surface area (Å²) in [5.74, 6) is 0. The number of nitrogens with zero attached hydrogens (tertiary/aromatic N) is 2. The lowest BCUT2D eigenvalue weighted by Crippen LogP contribution is -2.05. The molecule has 0 radical (unpaired) electrons. The van der Waals surface area contributed by atoms with Gasteiger partial charge in [-0.1, -0.05) is 12.1 Å². The summed E-state index contributed by atoms with van der Waals surface area (Å²) in [5.41, 5.74) is 8.13. The Morgan fingerprint density at radius 1 is 1.50 bits per heavy atom. The Bertz CT molecular complexity index is 473. The molecule has 1 aromatic heterocycles. The predicted molar refractivity (Wildman–Crippen MR) is 61.0 cm³/mol. The molecule has 0 aliphatic carbocycles. The fraction of sp³-hybridized carbons (Fsp3) is 0.300. The van der Waals surface area contributed by atoms with Crippen molar-refractivity contribution in [2.45, 2.75) is 13.0 Å². The van der Waals surface area contributed by atoms with Gasteiger partial charge >= 0.3 is 0 Å². The first-order valence-electron chi connectivity index (χ1n) is 4.48. The lowest BCUT2D eigenvalue weighted by molar-refractivity contribution is 0.788. The van der Waals surface area contributed by atoms with Crippen molar-refractivity contribution < 1.29 is 0 Å². The highest BCUT2D eigenvalue weighted by molar-refractivity contribution is 9.10. The predicted octanol–water partition coefficient (Wildman–Crippen LogP) is 2.36. The average Bonchev–Trinajstić information content (AvgIpc) is 2.43. The van der Waals surface area contributed by atoms with Crippen molar-refractivity contribution in [3.05, 3.63) is 28.4 Å². The Hall–Kier alpha value is -0.870. The van der Waals surface area contributed by atoms with Gasteiger partial charge < -0.3 is 5.73 Å². The van der Waals surface area contributed by atoms with Crippen LogP contribution in [-0.2, 0) is 7.05 Å². The molecule has 1 aromatic carbocycles. The summed E-state index contributed by atoms with van der Waals surface area (Å²) in [6.07, 6.45) is 0. The maximum Gasteiger partial charge on any atom is 0.136 e. The highest BCUT2D eigenvalue weighted by Gasteiger charge is 2.12. The van der Waals surface area contributed by atoms with Gasteiger partial charge in [-0.15, -0.1) is 0 Å². The van der Waals surface area contributed by atoms with Gasteiger partial charge in [-0.2, -0.15) is 5.10 Å². The molecule has 0 saturated carbocycles. The van der Waals surface area contributed by atoms with Gasteiger partial charge in [-0.3, -0.25) is 4.68 Å². The van der Waals surface area contributed by atoms with Crippen molar-refractivity contribution in [2.75, 3.05) is 0 Å². The first-order chi connectivity index (χ1) is 6.61. The minimum atomic E-state index is 0.0270. The third kappa shape index (κ3) is 1.35. The summed E-state index contributed by atoms with van der Waals surface area (Å²) in [4.78, 5) is 0. The van der Waals surface area contributed by atoms with Crippen molar-refractivity contribution in [1.82, 2.24) is 9.78 Å². The molecule has 0 amide bonds. The maximum atomic E-state index is 5.90. The first-order valence-corrected chi connectivity index (χ1v) is 5.27. The molecule has 1 atom stereocenters. The molecule has 0 bridgehead atoms. The smallest absolute Gasteiger partial charge is 0.136 e. The normalized spacial score (nSPS) is 13.4. The van der Waals surface area contributed by atoms with E-state index in [0.29, 0.717) is 0 Å². The van der Waals surface area contributed by atoms with E-state index < -0.39 is 0 Å². The van der Waals surface area contributed by atoms with E-state index in [4.69, 9.17) is 5.73 Å². The summed E-state index contributed by atoms with van der Waals surface area (Å²) in [5, 5.41) is 5.43. The molecule has 0 spiro atoms. The van der Waals surface area contributed by atoms with Crippen LogP contribution in [0.4, 0.5) is 0 Å². The number of fused-ring (bicyclic) bond motifs is 1. The van der Waals surface area contributed by atoms with Crippen molar-refractivity contribution >= 4 is 26.8 Å². The molecular weight excluding hydrogens is 242 g/mol. The zero-order valence-corrected chi connectivity index (χ0v) is 9.75. The standard InChI is InChI=1S/C10H12BrN3/c1-6(12)7-4-3-5-8-9(7)10(11)13-14(8)2/h3-6H,12H2,1-2H3. The number of rotatable bonds is 1. The Morgan fingerprint density at radius 3 is 2.86 bits per heavy atom. The van der Waals surface area contributed by atoms with Gasteiger partial charge in [0.2, 0.25) is 0 Å². The summed E-state index contributed by atoms with van der Waals surface area (Å²) >= 11 is 3.45. The van der Waals surface area contributed by atoms with Gasteiger partial charge in [0.25, 0.3) is 0 Å². The fourth-order valence-corrected chi connectivity index (χ4v) is 2.34. The van der Waals surface area contributed by atoms with Gasteiger partial charge in [0.05, 0.1) is 5.52 Å². The average molecular weight is 254 g/mol. The molecule has 4 heteroatoms. The van der Waals surface area contributed by atoms with E-state index in [-0.39, 0.29) is 6.04 Å². The Morgan fingerprint density at radius 2 is 2.21 bits per heavy atom. The molecule has 2 rings (SSSR count). The molecule has 0 aliphatic heterocycles. The maximum absolute atomic E-state index is 5.90. The van der Waals surface area contributed by atoms with Gasteiger partial charge in [0, 0.05) is 18.5 Å². The van der Waals surface area contributed by atoms with Crippen molar-refractivity contribution in [3.8, 4) is 0 Å². The van der Waals surface area contributed by atoms with E-state index in [1.807, 2.05) is 36.9 Å². The van der Waals surface area contributed by atoms with E-state index in [1.54, 1.807) is 0 Å². The van der Waals surface area contributed by atoms with Crippen molar-refractivity contribution in [2.24, 2.45) is 12.8 Å². The number of nitrogens with two attached hydrogens (primary N) is 1. The van der Waals surface area contributed by atoms with Crippen LogP contribution in [0.15, 0.2) is 22.8 Å². The highest BCUT2D eigenvalue weighted by Crippen LogP contribution is 2.29. The Labute approximate surface area is 91.0 Å². The van der Waals surface area contributed by atoms with Crippen LogP contribution in [0.1, 0.15) is 18.5 Å². The van der Waals surface area contributed by atoms with Crippen LogP contribution in [0.25, 0.3) is 10.9 Å². The monoisotopic (exact) mass is 253 g/mol. The number of aromatic nitrogens is 2. The van der Waals surface area contributed by atoms with Crippen LogP contribution in [0.2, 0.25) is 0 Å². The number of halogens is 1. The third-order valence-electron chi connectivity index (χ3n) is 2.36. The number of benzene rings is 1. The van der Waals surface area contributed by atoms with Gasteiger partial charge in [-0.05, 0) is 34.5 Å². The van der Waals surface area contributed by atoms with E-state index >= 15 is 0 Å². The van der Waals surface area contributed by atoms with Crippen LogP contribution in [0, 0.1) is 0 Å². The molecular formula is C10H12BrN3. The second kappa shape index (κ2) is 3.37. The molecule has 74 valence electrons. The molecule has 1 unspecified atom stereocenters. The zero-order valence-electron chi connectivity index (χ0n) is 8.16. The molecule has 2 N–H and O–H groups in total. The van der Waals surface area contributed by atoms with E-state index in [0.717, 1.165) is 21.1 Å². The van der Waals surface area contributed by atoms with Gasteiger partial charge in [0.1, 0.15) is 4.60 Å². The zero-order chi connectivity index (χ0) is 10.3. The topological polar surface area (TPSA) is 43.8 Å². The quantitative estimate of drug-likeness (QED) is 0.848. The van der Waals surface area contributed by atoms with Gasteiger partial charge in [0.15, 0.2) is 0 Å². The minimum Gasteiger partial charge on any atom is -0.324 e. The summed E-state index contributed by atoms with van der Waals surface area (Å²) in [6, 6.07) is 6.12. The number of aryl methyl sites for hydroxylation is 1. The highest BCUT2D eigenvalue weighted by atomic mass is 79.9.